The predicted molar refractivity (Wildman–Crippen MR) is 111 cm³/mol. The molecule has 1 amide bonds. The Balaban J connectivity index is 1.51. The summed E-state index contributed by atoms with van der Waals surface area (Å²) in [5.41, 5.74) is 3.38. The normalized spacial score (nSPS) is 12.4. The minimum Gasteiger partial charge on any atom is -0.481 e. The van der Waals surface area contributed by atoms with Gasteiger partial charge in [-0.1, -0.05) is 45.0 Å². The molecule has 0 bridgehead atoms. The highest BCUT2D eigenvalue weighted by atomic mass is 16.5. The molecule has 0 aliphatic carbocycles. The van der Waals surface area contributed by atoms with Crippen LogP contribution in [0.4, 0.5) is 0 Å². The van der Waals surface area contributed by atoms with Crippen molar-refractivity contribution in [3.8, 4) is 11.4 Å². The van der Waals surface area contributed by atoms with E-state index < -0.39 is 6.10 Å². The van der Waals surface area contributed by atoms with E-state index in [0.717, 1.165) is 11.3 Å². The number of carbonyl (C=O) groups is 1. The van der Waals surface area contributed by atoms with E-state index in [2.05, 4.69) is 31.1 Å². The molecular weight excluding hydrogens is 350 g/mol. The van der Waals surface area contributed by atoms with Gasteiger partial charge in [0.1, 0.15) is 5.75 Å². The molecule has 0 spiro atoms. The van der Waals surface area contributed by atoms with Gasteiger partial charge in [-0.3, -0.25) is 4.79 Å². The van der Waals surface area contributed by atoms with Crippen LogP contribution in [0.15, 0.2) is 67.3 Å². The lowest BCUT2D eigenvalue weighted by Crippen LogP contribution is -2.35. The summed E-state index contributed by atoms with van der Waals surface area (Å²) in [6.45, 7) is 8.72. The fraction of sp³-hybridized carbons (Fsp3) is 0.304. The Kier molecular flexibility index (Phi) is 5.83. The Bertz CT molecular complexity index is 893. The topological polar surface area (TPSA) is 56.1 Å². The Morgan fingerprint density at radius 3 is 2.36 bits per heavy atom. The van der Waals surface area contributed by atoms with Gasteiger partial charge in [0, 0.05) is 24.6 Å². The van der Waals surface area contributed by atoms with E-state index in [1.54, 1.807) is 19.4 Å². The third-order valence-electron chi connectivity index (χ3n) is 4.61. The van der Waals surface area contributed by atoms with E-state index in [4.69, 9.17) is 4.74 Å². The fourth-order valence-corrected chi connectivity index (χ4v) is 2.82. The van der Waals surface area contributed by atoms with E-state index in [1.807, 2.05) is 59.3 Å². The summed E-state index contributed by atoms with van der Waals surface area (Å²) < 4.78 is 7.71. The van der Waals surface area contributed by atoms with Gasteiger partial charge in [0.05, 0.1) is 6.33 Å². The maximum Gasteiger partial charge on any atom is 0.261 e. The molecule has 2 aromatic carbocycles. The quantitative estimate of drug-likeness (QED) is 0.698. The van der Waals surface area contributed by atoms with Crippen LogP contribution in [0.5, 0.6) is 5.75 Å². The molecule has 1 aromatic heterocycles. The summed E-state index contributed by atoms with van der Waals surface area (Å²) in [6, 6.07) is 15.9. The zero-order valence-corrected chi connectivity index (χ0v) is 16.8. The second kappa shape index (κ2) is 8.30. The van der Waals surface area contributed by atoms with Gasteiger partial charge in [0.15, 0.2) is 6.10 Å². The standard InChI is InChI=1S/C23H27N3O2/c1-17(28-21-11-7-19(8-12-21)23(2,3)4)22(27)25-15-18-5-9-20(10-6-18)26-14-13-24-16-26/h5-14,16-17H,15H2,1-4H3,(H,25,27). The highest BCUT2D eigenvalue weighted by Crippen LogP contribution is 2.24. The number of ether oxygens (including phenoxy) is 1. The van der Waals surface area contributed by atoms with Crippen molar-refractivity contribution in [1.29, 1.82) is 0 Å². The van der Waals surface area contributed by atoms with Crippen LogP contribution in [-0.2, 0) is 16.8 Å². The zero-order chi connectivity index (χ0) is 20.1. The Morgan fingerprint density at radius 1 is 1.11 bits per heavy atom. The molecule has 28 heavy (non-hydrogen) atoms. The average Bonchev–Trinajstić information content (AvgIpc) is 3.21. The van der Waals surface area contributed by atoms with E-state index in [-0.39, 0.29) is 11.3 Å². The van der Waals surface area contributed by atoms with Crippen LogP contribution in [0, 0.1) is 0 Å². The number of aromatic nitrogens is 2. The first-order valence-corrected chi connectivity index (χ1v) is 9.45. The summed E-state index contributed by atoms with van der Waals surface area (Å²) in [6.07, 6.45) is 4.82. The largest absolute Gasteiger partial charge is 0.481 e. The van der Waals surface area contributed by atoms with Crippen molar-refractivity contribution in [3.05, 3.63) is 78.4 Å². The van der Waals surface area contributed by atoms with Crippen molar-refractivity contribution in [1.82, 2.24) is 14.9 Å². The smallest absolute Gasteiger partial charge is 0.261 e. The van der Waals surface area contributed by atoms with Gasteiger partial charge in [-0.25, -0.2) is 4.98 Å². The average molecular weight is 377 g/mol. The van der Waals surface area contributed by atoms with Crippen LogP contribution in [0.1, 0.15) is 38.8 Å². The van der Waals surface area contributed by atoms with Gasteiger partial charge < -0.3 is 14.6 Å². The maximum absolute atomic E-state index is 12.4. The molecular formula is C23H27N3O2. The first-order chi connectivity index (χ1) is 13.3. The summed E-state index contributed by atoms with van der Waals surface area (Å²) in [5, 5.41) is 2.93. The molecule has 0 fully saturated rings. The molecule has 3 aromatic rings. The molecule has 146 valence electrons. The number of nitrogens with one attached hydrogen (secondary N) is 1. The van der Waals surface area contributed by atoms with E-state index in [0.29, 0.717) is 12.3 Å². The Morgan fingerprint density at radius 2 is 1.79 bits per heavy atom. The number of hydrogen-bond acceptors (Lipinski definition) is 3. The van der Waals surface area contributed by atoms with E-state index in [9.17, 15) is 4.79 Å². The fourth-order valence-electron chi connectivity index (χ4n) is 2.82. The highest BCUT2D eigenvalue weighted by Gasteiger charge is 2.16. The van der Waals surface area contributed by atoms with Crippen molar-refractivity contribution < 1.29 is 9.53 Å². The molecule has 1 N–H and O–H groups in total. The van der Waals surface area contributed by atoms with Crippen LogP contribution < -0.4 is 10.1 Å². The van der Waals surface area contributed by atoms with Crippen molar-refractivity contribution in [3.63, 3.8) is 0 Å². The molecule has 0 aliphatic rings. The van der Waals surface area contributed by atoms with Crippen LogP contribution in [0.25, 0.3) is 5.69 Å². The molecule has 0 saturated heterocycles. The molecule has 1 unspecified atom stereocenters. The minimum absolute atomic E-state index is 0.0922. The van der Waals surface area contributed by atoms with Gasteiger partial charge in [0.25, 0.3) is 5.91 Å². The van der Waals surface area contributed by atoms with Gasteiger partial charge in [-0.2, -0.15) is 0 Å². The first kappa shape index (κ1) is 19.7. The molecule has 0 saturated carbocycles. The van der Waals surface area contributed by atoms with Crippen molar-refractivity contribution in [2.24, 2.45) is 0 Å². The van der Waals surface area contributed by atoms with Gasteiger partial charge in [-0.05, 0) is 47.7 Å². The van der Waals surface area contributed by atoms with Crippen molar-refractivity contribution >= 4 is 5.91 Å². The number of amides is 1. The SMILES string of the molecule is CC(Oc1ccc(C(C)(C)C)cc1)C(=O)NCc1ccc(-n2ccnc2)cc1. The molecule has 1 heterocycles. The van der Waals surface area contributed by atoms with Gasteiger partial charge >= 0.3 is 0 Å². The Hall–Kier alpha value is -3.08. The molecule has 5 nitrogen and oxygen atoms in total. The summed E-state index contributed by atoms with van der Waals surface area (Å²) in [7, 11) is 0. The number of carbonyl (C=O) groups excluding carboxylic acids is 1. The molecule has 0 radical (unpaired) electrons. The first-order valence-electron chi connectivity index (χ1n) is 9.45. The second-order valence-corrected chi connectivity index (χ2v) is 7.89. The van der Waals surface area contributed by atoms with Crippen LogP contribution >= 0.6 is 0 Å². The molecule has 0 aliphatic heterocycles. The van der Waals surface area contributed by atoms with Crippen molar-refractivity contribution in [2.75, 3.05) is 0 Å². The number of hydrogen-bond donors (Lipinski definition) is 1. The number of nitrogens with zero attached hydrogens (tertiary/aromatic N) is 2. The van der Waals surface area contributed by atoms with Gasteiger partial charge in [-0.15, -0.1) is 0 Å². The lowest BCUT2D eigenvalue weighted by Gasteiger charge is -2.20. The monoisotopic (exact) mass is 377 g/mol. The van der Waals surface area contributed by atoms with Crippen molar-refractivity contribution in [2.45, 2.75) is 45.8 Å². The number of benzene rings is 2. The number of imidazole rings is 1. The lowest BCUT2D eigenvalue weighted by molar-refractivity contribution is -0.127. The minimum atomic E-state index is -0.564. The third-order valence-corrected chi connectivity index (χ3v) is 4.61. The van der Waals surface area contributed by atoms with E-state index in [1.165, 1.54) is 5.56 Å². The Labute approximate surface area is 166 Å². The van der Waals surface area contributed by atoms with Crippen LogP contribution in [0.2, 0.25) is 0 Å². The molecule has 1 atom stereocenters. The zero-order valence-electron chi connectivity index (χ0n) is 16.8. The van der Waals surface area contributed by atoms with Gasteiger partial charge in [0.2, 0.25) is 0 Å². The maximum atomic E-state index is 12.4. The lowest BCUT2D eigenvalue weighted by atomic mass is 9.87. The van der Waals surface area contributed by atoms with Crippen LogP contribution in [-0.4, -0.2) is 21.6 Å². The third kappa shape index (κ3) is 5.00. The summed E-state index contributed by atoms with van der Waals surface area (Å²) in [4.78, 5) is 16.4. The second-order valence-electron chi connectivity index (χ2n) is 7.89. The van der Waals surface area contributed by atoms with E-state index >= 15 is 0 Å². The predicted octanol–water partition coefficient (Wildman–Crippen LogP) is 4.25. The summed E-state index contributed by atoms with van der Waals surface area (Å²) >= 11 is 0. The summed E-state index contributed by atoms with van der Waals surface area (Å²) in [5.74, 6) is 0.555. The molecule has 5 heteroatoms. The van der Waals surface area contributed by atoms with Crippen LogP contribution in [0.3, 0.4) is 0 Å². The highest BCUT2D eigenvalue weighted by molar-refractivity contribution is 5.80. The number of rotatable bonds is 6. The molecule has 3 rings (SSSR count).